The Balaban J connectivity index is 1.84. The van der Waals surface area contributed by atoms with Crippen LogP contribution in [0.4, 0.5) is 0 Å². The third-order valence-corrected chi connectivity index (χ3v) is 2.97. The first-order chi connectivity index (χ1) is 10.0. The van der Waals surface area contributed by atoms with Gasteiger partial charge in [-0.25, -0.2) is 4.79 Å². The van der Waals surface area contributed by atoms with Gasteiger partial charge in [0.05, 0.1) is 0 Å². The highest BCUT2D eigenvalue weighted by atomic mass is 16.6. The Morgan fingerprint density at radius 2 is 1.57 bits per heavy atom. The minimum atomic E-state index is -0.492. The van der Waals surface area contributed by atoms with Crippen LogP contribution in [-0.4, -0.2) is 17.7 Å². The number of esters is 1. The van der Waals surface area contributed by atoms with E-state index in [2.05, 4.69) is 13.8 Å². The zero-order valence-corrected chi connectivity index (χ0v) is 12.1. The second-order valence-corrected chi connectivity index (χ2v) is 4.98. The normalized spacial score (nSPS) is 10.4. The number of ether oxygens (including phenoxy) is 2. The first-order valence-corrected chi connectivity index (χ1v) is 6.77. The molecule has 0 unspecified atom stereocenters. The Morgan fingerprint density at radius 3 is 2.14 bits per heavy atom. The monoisotopic (exact) mass is 286 g/mol. The molecule has 110 valence electrons. The number of rotatable bonds is 5. The maximum atomic E-state index is 11.6. The number of hydrogen-bond acceptors (Lipinski definition) is 4. The van der Waals surface area contributed by atoms with Crippen molar-refractivity contribution in [2.75, 3.05) is 6.61 Å². The molecule has 4 heteroatoms. The van der Waals surface area contributed by atoms with Crippen LogP contribution in [0.1, 0.15) is 25.3 Å². The third kappa shape index (κ3) is 4.53. The Labute approximate surface area is 123 Å². The van der Waals surface area contributed by atoms with E-state index >= 15 is 0 Å². The summed E-state index contributed by atoms with van der Waals surface area (Å²) < 4.78 is 10.5. The lowest BCUT2D eigenvalue weighted by Crippen LogP contribution is -2.17. The van der Waals surface area contributed by atoms with Crippen molar-refractivity contribution in [1.82, 2.24) is 0 Å². The number of carbonyl (C=O) groups is 1. The van der Waals surface area contributed by atoms with Gasteiger partial charge in [-0.2, -0.15) is 0 Å². The molecular weight excluding hydrogens is 268 g/mol. The van der Waals surface area contributed by atoms with Crippen molar-refractivity contribution in [2.45, 2.75) is 19.8 Å². The van der Waals surface area contributed by atoms with Crippen molar-refractivity contribution in [3.8, 4) is 17.2 Å². The molecule has 2 aromatic carbocycles. The molecule has 0 heterocycles. The first-order valence-electron chi connectivity index (χ1n) is 6.77. The number of benzene rings is 2. The molecule has 0 amide bonds. The molecule has 0 aromatic heterocycles. The number of phenolic OH excluding ortho intramolecular Hbond substituents is 1. The maximum Gasteiger partial charge on any atom is 0.349 e. The average molecular weight is 286 g/mol. The van der Waals surface area contributed by atoms with Crippen LogP contribution in [0.15, 0.2) is 48.5 Å². The van der Waals surface area contributed by atoms with Gasteiger partial charge >= 0.3 is 5.97 Å². The summed E-state index contributed by atoms with van der Waals surface area (Å²) in [6.45, 7) is 4.07. The van der Waals surface area contributed by atoms with Crippen LogP contribution >= 0.6 is 0 Å². The van der Waals surface area contributed by atoms with Crippen LogP contribution in [0, 0.1) is 0 Å². The fourth-order valence-electron chi connectivity index (χ4n) is 1.77. The van der Waals surface area contributed by atoms with Crippen molar-refractivity contribution >= 4 is 5.97 Å². The van der Waals surface area contributed by atoms with E-state index in [9.17, 15) is 4.79 Å². The molecule has 0 atom stereocenters. The zero-order valence-electron chi connectivity index (χ0n) is 12.1. The second kappa shape index (κ2) is 6.79. The fraction of sp³-hybridized carbons (Fsp3) is 0.235. The lowest BCUT2D eigenvalue weighted by atomic mass is 10.0. The van der Waals surface area contributed by atoms with Crippen LogP contribution in [0.5, 0.6) is 17.2 Å². The van der Waals surface area contributed by atoms with Gasteiger partial charge in [0.1, 0.15) is 17.2 Å². The van der Waals surface area contributed by atoms with Crippen LogP contribution in [0.2, 0.25) is 0 Å². The van der Waals surface area contributed by atoms with Crippen LogP contribution in [0.25, 0.3) is 0 Å². The Hall–Kier alpha value is -2.49. The smallest absolute Gasteiger partial charge is 0.349 e. The minimum Gasteiger partial charge on any atom is -0.508 e. The summed E-state index contributed by atoms with van der Waals surface area (Å²) in [6.07, 6.45) is 0. The lowest BCUT2D eigenvalue weighted by Gasteiger charge is -2.09. The molecule has 0 saturated heterocycles. The largest absolute Gasteiger partial charge is 0.508 e. The van der Waals surface area contributed by atoms with E-state index in [1.165, 1.54) is 29.8 Å². The highest BCUT2D eigenvalue weighted by Crippen LogP contribution is 2.19. The SMILES string of the molecule is CC(C)c1ccc(OCC(=O)Oc2ccc(O)cc2)cc1. The molecule has 0 bridgehead atoms. The Morgan fingerprint density at radius 1 is 1.00 bits per heavy atom. The molecule has 0 aliphatic rings. The van der Waals surface area contributed by atoms with Crippen molar-refractivity contribution in [1.29, 1.82) is 0 Å². The van der Waals surface area contributed by atoms with E-state index in [1.54, 1.807) is 0 Å². The first kappa shape index (κ1) is 14.9. The summed E-state index contributed by atoms with van der Waals surface area (Å²) in [6, 6.07) is 13.6. The number of hydrogen-bond donors (Lipinski definition) is 1. The molecule has 0 aliphatic carbocycles. The average Bonchev–Trinajstić information content (AvgIpc) is 2.48. The molecule has 0 spiro atoms. The van der Waals surface area contributed by atoms with Gasteiger partial charge in [0.25, 0.3) is 0 Å². The molecule has 0 saturated carbocycles. The van der Waals surface area contributed by atoms with E-state index in [0.29, 0.717) is 17.4 Å². The lowest BCUT2D eigenvalue weighted by molar-refractivity contribution is -0.136. The summed E-state index contributed by atoms with van der Waals surface area (Å²) in [5.41, 5.74) is 1.22. The molecule has 2 aromatic rings. The molecule has 2 rings (SSSR count). The molecule has 0 fully saturated rings. The summed E-state index contributed by atoms with van der Waals surface area (Å²) in [5.74, 6) is 1.09. The molecule has 4 nitrogen and oxygen atoms in total. The number of carbonyl (C=O) groups excluding carboxylic acids is 1. The van der Waals surface area contributed by atoms with Gasteiger partial charge in [-0.3, -0.25) is 0 Å². The predicted molar refractivity (Wildman–Crippen MR) is 79.8 cm³/mol. The van der Waals surface area contributed by atoms with E-state index in [4.69, 9.17) is 14.6 Å². The standard InChI is InChI=1S/C17H18O4/c1-12(2)13-3-7-15(8-4-13)20-11-17(19)21-16-9-5-14(18)6-10-16/h3-10,12,18H,11H2,1-2H3. The van der Waals surface area contributed by atoms with E-state index in [-0.39, 0.29) is 12.4 Å². The number of aromatic hydroxyl groups is 1. The predicted octanol–water partition coefficient (Wildman–Crippen LogP) is 3.50. The second-order valence-electron chi connectivity index (χ2n) is 4.98. The van der Waals surface area contributed by atoms with Crippen LogP contribution < -0.4 is 9.47 Å². The van der Waals surface area contributed by atoms with Gasteiger partial charge < -0.3 is 14.6 Å². The summed E-state index contributed by atoms with van der Waals surface area (Å²) in [7, 11) is 0. The number of phenols is 1. The van der Waals surface area contributed by atoms with Gasteiger partial charge in [0, 0.05) is 0 Å². The Bertz CT molecular complexity index is 585. The van der Waals surface area contributed by atoms with Gasteiger partial charge in [-0.15, -0.1) is 0 Å². The zero-order chi connectivity index (χ0) is 15.2. The van der Waals surface area contributed by atoms with Gasteiger partial charge in [0.15, 0.2) is 6.61 Å². The molecular formula is C17H18O4. The van der Waals surface area contributed by atoms with Gasteiger partial charge in [0.2, 0.25) is 0 Å². The van der Waals surface area contributed by atoms with Crippen molar-refractivity contribution in [3.63, 3.8) is 0 Å². The van der Waals surface area contributed by atoms with Crippen LogP contribution in [-0.2, 0) is 4.79 Å². The third-order valence-electron chi connectivity index (χ3n) is 2.97. The van der Waals surface area contributed by atoms with Gasteiger partial charge in [-0.1, -0.05) is 26.0 Å². The molecule has 21 heavy (non-hydrogen) atoms. The quantitative estimate of drug-likeness (QED) is 0.675. The molecule has 1 N–H and O–H groups in total. The van der Waals surface area contributed by atoms with Gasteiger partial charge in [-0.05, 0) is 47.9 Å². The van der Waals surface area contributed by atoms with E-state index in [0.717, 1.165) is 0 Å². The summed E-state index contributed by atoms with van der Waals surface area (Å²) >= 11 is 0. The minimum absolute atomic E-state index is 0.122. The van der Waals surface area contributed by atoms with Crippen molar-refractivity contribution in [3.05, 3.63) is 54.1 Å². The van der Waals surface area contributed by atoms with Crippen LogP contribution in [0.3, 0.4) is 0 Å². The topological polar surface area (TPSA) is 55.8 Å². The van der Waals surface area contributed by atoms with E-state index in [1.807, 2.05) is 24.3 Å². The fourth-order valence-corrected chi connectivity index (χ4v) is 1.77. The van der Waals surface area contributed by atoms with Crippen molar-refractivity contribution in [2.24, 2.45) is 0 Å². The van der Waals surface area contributed by atoms with E-state index < -0.39 is 5.97 Å². The highest BCUT2D eigenvalue weighted by Gasteiger charge is 2.07. The molecule has 0 aliphatic heterocycles. The highest BCUT2D eigenvalue weighted by molar-refractivity contribution is 5.74. The Kier molecular flexibility index (Phi) is 4.82. The molecule has 0 radical (unpaired) electrons. The maximum absolute atomic E-state index is 11.6. The summed E-state index contributed by atoms with van der Waals surface area (Å²) in [4.78, 5) is 11.6. The van der Waals surface area contributed by atoms with Crippen molar-refractivity contribution < 1.29 is 19.4 Å². The summed E-state index contributed by atoms with van der Waals surface area (Å²) in [5, 5.41) is 9.14.